The number of carboxylic acid groups (broad SMARTS) is 2. The molecule has 2 aromatic rings. The van der Waals surface area contributed by atoms with Gasteiger partial charge in [-0.3, -0.25) is 23.5 Å². The van der Waals surface area contributed by atoms with Crippen molar-refractivity contribution in [2.75, 3.05) is 0 Å². The molecule has 0 aliphatic rings. The van der Waals surface area contributed by atoms with Crippen LogP contribution in [0, 0.1) is 0 Å². The number of hydrogen-bond donors (Lipinski definition) is 3. The molecule has 3 N–H and O–H groups in total. The van der Waals surface area contributed by atoms with Crippen LogP contribution in [0.1, 0.15) is 28.0 Å². The van der Waals surface area contributed by atoms with E-state index in [4.69, 9.17) is 18.4 Å². The highest BCUT2D eigenvalue weighted by Crippen LogP contribution is 2.16. The molecule has 0 amide bonds. The van der Waals surface area contributed by atoms with Gasteiger partial charge in [-0.05, 0) is 6.92 Å². The van der Waals surface area contributed by atoms with E-state index in [1.807, 2.05) is 0 Å². The topological polar surface area (TPSA) is 174 Å². The molecule has 0 saturated carbocycles. The largest absolute Gasteiger partial charge is 0.481 e. The van der Waals surface area contributed by atoms with E-state index in [0.717, 1.165) is 17.8 Å². The van der Waals surface area contributed by atoms with E-state index in [2.05, 4.69) is 4.98 Å². The fraction of sp³-hybridized carbons (Fsp3) is 0.467. The molecule has 12 nitrogen and oxygen atoms in total. The Hall–Kier alpha value is -3.28. The number of ketones is 1. The summed E-state index contributed by atoms with van der Waals surface area (Å²) in [7, 11) is 1.21. The first kappa shape index (κ1) is 13.9. The van der Waals surface area contributed by atoms with Crippen molar-refractivity contribution in [1.29, 1.82) is 0 Å². The number of Topliss-reactive ketones (excluding diaryl/α,β-unsaturated/α-hetero) is 1. The van der Waals surface area contributed by atoms with E-state index < -0.39 is 66.9 Å². The molecule has 0 spiro atoms. The van der Waals surface area contributed by atoms with E-state index >= 15 is 0 Å². The molecule has 2 aromatic heterocycles. The number of carbonyl (C=O) groups excluding carboxylic acids is 1. The Kier molecular flexibility index (Phi) is 4.08. The van der Waals surface area contributed by atoms with Crippen LogP contribution in [0.4, 0.5) is 0 Å². The Morgan fingerprint density at radius 1 is 1.19 bits per heavy atom. The Morgan fingerprint density at radius 2 is 1.81 bits per heavy atom. The van der Waals surface area contributed by atoms with Crippen LogP contribution in [-0.2, 0) is 35.4 Å². The lowest BCUT2D eigenvalue weighted by Crippen LogP contribution is -2.42. The average Bonchev–Trinajstić information content (AvgIpc) is 3.03. The molecule has 2 rings (SSSR count). The van der Waals surface area contributed by atoms with Crippen LogP contribution in [0.3, 0.4) is 0 Å². The lowest BCUT2D eigenvalue weighted by atomic mass is 9.94. The molecule has 148 valence electrons. The molecular formula is C15H20N4O8. The summed E-state index contributed by atoms with van der Waals surface area (Å²) in [6.07, 6.45) is -0.807. The number of carbonyl (C=O) groups is 3. The molecule has 1 unspecified atom stereocenters. The first-order chi connectivity index (χ1) is 14.7. The highest BCUT2D eigenvalue weighted by atomic mass is 16.4. The Bertz CT molecular complexity index is 1190. The van der Waals surface area contributed by atoms with Crippen LogP contribution in [0.2, 0.25) is 0 Å². The number of imidazole rings is 1. The van der Waals surface area contributed by atoms with E-state index in [0.29, 0.717) is 4.57 Å². The second-order valence-electron chi connectivity index (χ2n) is 5.55. The van der Waals surface area contributed by atoms with Crippen molar-refractivity contribution in [3.8, 4) is 0 Å². The van der Waals surface area contributed by atoms with Crippen molar-refractivity contribution in [2.45, 2.75) is 25.4 Å². The van der Waals surface area contributed by atoms with E-state index in [1.165, 1.54) is 7.05 Å². The maximum atomic E-state index is 12.2. The quantitative estimate of drug-likeness (QED) is 0.533. The van der Waals surface area contributed by atoms with Crippen molar-refractivity contribution in [2.24, 2.45) is 21.0 Å². The van der Waals surface area contributed by atoms with Crippen molar-refractivity contribution in [3.05, 3.63) is 27.2 Å². The van der Waals surface area contributed by atoms with Crippen LogP contribution in [-0.4, -0.2) is 57.3 Å². The van der Waals surface area contributed by atoms with E-state index in [-0.39, 0.29) is 10.2 Å². The van der Waals surface area contributed by atoms with Gasteiger partial charge >= 0.3 is 17.6 Å². The second kappa shape index (κ2) is 7.95. The summed E-state index contributed by atoms with van der Waals surface area (Å²) in [6, 6.07) is 0. The molecule has 0 fully saturated rings. The minimum atomic E-state index is -3.01. The van der Waals surface area contributed by atoms with Gasteiger partial charge in [0.15, 0.2) is 16.8 Å². The minimum absolute atomic E-state index is 0.0409. The van der Waals surface area contributed by atoms with Crippen LogP contribution in [0.15, 0.2) is 15.9 Å². The average molecular weight is 390 g/mol. The summed E-state index contributed by atoms with van der Waals surface area (Å²) in [5.41, 5.74) is -5.42. The van der Waals surface area contributed by atoms with Gasteiger partial charge in [-0.15, -0.1) is 0 Å². The first-order valence-corrected chi connectivity index (χ1v) is 7.11. The van der Waals surface area contributed by atoms with Crippen molar-refractivity contribution in [1.82, 2.24) is 18.7 Å². The number of aliphatic hydroxyl groups is 1. The minimum Gasteiger partial charge on any atom is -0.481 e. The third kappa shape index (κ3) is 4.67. The van der Waals surface area contributed by atoms with Crippen LogP contribution in [0.25, 0.3) is 11.2 Å². The van der Waals surface area contributed by atoms with Crippen molar-refractivity contribution >= 4 is 28.9 Å². The maximum Gasteiger partial charge on any atom is 0.336 e. The SMILES string of the molecule is CC(=O)CC(O)(CC(=O)O)C(=O)O.[2H]C([2H])([2H])n1c(=O)c2c(ncn2C([2H])([2H])[2H])n(C)c1=O. The number of rotatable bonds is 5. The molecular weight excluding hydrogens is 364 g/mol. The zero-order chi connectivity index (χ0) is 26.1. The van der Waals surface area contributed by atoms with Crippen molar-refractivity contribution < 1.29 is 37.9 Å². The summed E-state index contributed by atoms with van der Waals surface area (Å²) in [4.78, 5) is 58.9. The molecule has 0 bridgehead atoms. The fourth-order valence-corrected chi connectivity index (χ4v) is 2.09. The third-order valence-electron chi connectivity index (χ3n) is 3.33. The second-order valence-corrected chi connectivity index (χ2v) is 5.55. The first-order valence-electron chi connectivity index (χ1n) is 10.1. The van der Waals surface area contributed by atoms with E-state index in [1.54, 1.807) is 0 Å². The Labute approximate surface area is 160 Å². The number of aromatic nitrogens is 4. The Balaban J connectivity index is 0.000000366. The lowest BCUT2D eigenvalue weighted by Gasteiger charge is -2.19. The number of nitrogens with zero attached hydrogens (tertiary/aromatic N) is 4. The molecule has 0 aliphatic carbocycles. The monoisotopic (exact) mass is 390 g/mol. The molecule has 27 heavy (non-hydrogen) atoms. The number of hydrogen-bond acceptors (Lipinski definition) is 7. The fourth-order valence-electron chi connectivity index (χ4n) is 2.09. The smallest absolute Gasteiger partial charge is 0.336 e. The Morgan fingerprint density at radius 3 is 2.26 bits per heavy atom. The zero-order valence-electron chi connectivity index (χ0n) is 20.2. The van der Waals surface area contributed by atoms with Gasteiger partial charge in [-0.25, -0.2) is 14.6 Å². The molecule has 0 aromatic carbocycles. The van der Waals surface area contributed by atoms with Gasteiger partial charge in [0.1, 0.15) is 5.78 Å². The van der Waals surface area contributed by atoms with Gasteiger partial charge in [-0.2, -0.15) is 0 Å². The zero-order valence-corrected chi connectivity index (χ0v) is 14.2. The number of aliphatic carboxylic acids is 2. The van der Waals surface area contributed by atoms with Crippen molar-refractivity contribution in [3.63, 3.8) is 0 Å². The summed E-state index contributed by atoms with van der Waals surface area (Å²) < 4.78 is 45.0. The summed E-state index contributed by atoms with van der Waals surface area (Å²) >= 11 is 0. The number of carboxylic acids is 2. The van der Waals surface area contributed by atoms with Gasteiger partial charge in [0.2, 0.25) is 0 Å². The van der Waals surface area contributed by atoms with Gasteiger partial charge in [0, 0.05) is 35.6 Å². The summed E-state index contributed by atoms with van der Waals surface area (Å²) in [5.74, 6) is -3.75. The maximum absolute atomic E-state index is 12.2. The third-order valence-corrected chi connectivity index (χ3v) is 3.33. The number of fused-ring (bicyclic) bond motifs is 1. The van der Waals surface area contributed by atoms with Gasteiger partial charge < -0.3 is 19.9 Å². The summed E-state index contributed by atoms with van der Waals surface area (Å²) in [5, 5.41) is 26.0. The molecule has 0 saturated heterocycles. The van der Waals surface area contributed by atoms with E-state index in [9.17, 15) is 29.1 Å². The predicted molar refractivity (Wildman–Crippen MR) is 91.3 cm³/mol. The van der Waals surface area contributed by atoms with Gasteiger partial charge in [-0.1, -0.05) is 0 Å². The standard InChI is InChI=1S/C8H10N4O2.C7H10O6/c1-10-4-9-6-5(10)7(13)12(3)8(14)11(6)2;1-4(8)2-7(13,6(11)12)3-5(9)10/h4H,1-3H3;13H,2-3H2,1H3,(H,9,10)(H,11,12)/i1D3,3D3;. The van der Waals surface area contributed by atoms with Crippen LogP contribution in [0.5, 0.6) is 0 Å². The van der Waals surface area contributed by atoms with Crippen LogP contribution >= 0.6 is 0 Å². The molecule has 0 radical (unpaired) electrons. The summed E-state index contributed by atoms with van der Waals surface area (Å²) in [6.45, 7) is -4.64. The van der Waals surface area contributed by atoms with Gasteiger partial charge in [0.05, 0.1) is 12.7 Å². The normalized spacial score (nSPS) is 17.0. The highest BCUT2D eigenvalue weighted by molar-refractivity contribution is 5.90. The molecule has 2 heterocycles. The molecule has 0 aliphatic heterocycles. The predicted octanol–water partition coefficient (Wildman–Crippen LogP) is -1.77. The lowest BCUT2D eigenvalue weighted by molar-refractivity contribution is -0.167. The van der Waals surface area contributed by atoms with Gasteiger partial charge in [0.25, 0.3) is 5.56 Å². The van der Waals surface area contributed by atoms with Crippen LogP contribution < -0.4 is 11.2 Å². The highest BCUT2D eigenvalue weighted by Gasteiger charge is 2.39. The number of aryl methyl sites for hydroxylation is 2. The molecule has 1 atom stereocenters. The molecule has 12 heteroatoms.